The van der Waals surface area contributed by atoms with E-state index in [0.29, 0.717) is 21.7 Å². The molecular formula is C18H10N4O3S. The van der Waals surface area contributed by atoms with E-state index < -0.39 is 4.92 Å². The molecule has 3 aromatic heterocycles. The smallest absolute Gasteiger partial charge is 0.283 e. The van der Waals surface area contributed by atoms with Crippen molar-refractivity contribution in [2.75, 3.05) is 0 Å². The summed E-state index contributed by atoms with van der Waals surface area (Å²) < 4.78 is 1.55. The number of fused-ring (bicyclic) bond motifs is 4. The molecule has 0 aliphatic carbocycles. The van der Waals surface area contributed by atoms with E-state index >= 15 is 0 Å². The van der Waals surface area contributed by atoms with Gasteiger partial charge in [-0.25, -0.2) is 9.38 Å². The van der Waals surface area contributed by atoms with Crippen LogP contribution < -0.4 is 5.56 Å². The van der Waals surface area contributed by atoms with Crippen LogP contribution in [0.1, 0.15) is 0 Å². The minimum Gasteiger partial charge on any atom is -0.349 e. The lowest BCUT2D eigenvalue weighted by molar-refractivity contribution is -0.384. The van der Waals surface area contributed by atoms with Crippen molar-refractivity contribution >= 4 is 43.9 Å². The van der Waals surface area contributed by atoms with Gasteiger partial charge >= 0.3 is 0 Å². The van der Waals surface area contributed by atoms with Crippen molar-refractivity contribution in [2.45, 2.75) is 0 Å². The van der Waals surface area contributed by atoms with E-state index in [2.05, 4.69) is 9.97 Å². The normalized spacial score (nSPS) is 11.5. The molecule has 2 aromatic carbocycles. The van der Waals surface area contributed by atoms with Crippen molar-refractivity contribution in [2.24, 2.45) is 0 Å². The van der Waals surface area contributed by atoms with E-state index in [0.717, 1.165) is 16.5 Å². The maximum atomic E-state index is 13.1. The highest BCUT2D eigenvalue weighted by molar-refractivity contribution is 7.15. The van der Waals surface area contributed by atoms with Crippen molar-refractivity contribution in [3.05, 3.63) is 74.4 Å². The number of nitro groups is 1. The topological polar surface area (TPSA) is 93.3 Å². The van der Waals surface area contributed by atoms with Crippen molar-refractivity contribution in [1.82, 2.24) is 14.4 Å². The molecule has 0 amide bonds. The van der Waals surface area contributed by atoms with Gasteiger partial charge in [0.05, 0.1) is 10.6 Å². The summed E-state index contributed by atoms with van der Waals surface area (Å²) in [5.41, 5.74) is 3.18. The van der Waals surface area contributed by atoms with Crippen molar-refractivity contribution < 1.29 is 4.92 Å². The molecule has 26 heavy (non-hydrogen) atoms. The van der Waals surface area contributed by atoms with Crippen LogP contribution in [-0.4, -0.2) is 19.3 Å². The van der Waals surface area contributed by atoms with Crippen LogP contribution in [0.3, 0.4) is 0 Å². The van der Waals surface area contributed by atoms with Crippen LogP contribution in [0.4, 0.5) is 5.69 Å². The van der Waals surface area contributed by atoms with E-state index in [1.54, 1.807) is 16.5 Å². The summed E-state index contributed by atoms with van der Waals surface area (Å²) in [5, 5.41) is 13.6. The number of para-hydroxylation sites is 1. The molecule has 0 radical (unpaired) electrons. The number of aromatic amines is 1. The lowest BCUT2D eigenvalue weighted by atomic mass is 10.1. The van der Waals surface area contributed by atoms with Gasteiger partial charge in [-0.15, -0.1) is 11.3 Å². The average Bonchev–Trinajstić information content (AvgIpc) is 3.24. The molecule has 0 aliphatic heterocycles. The Labute approximate surface area is 149 Å². The predicted octanol–water partition coefficient (Wildman–Crippen LogP) is 3.97. The fraction of sp³-hybridized carbons (Fsp3) is 0. The zero-order chi connectivity index (χ0) is 17.8. The van der Waals surface area contributed by atoms with Gasteiger partial charge in [0.1, 0.15) is 11.0 Å². The van der Waals surface area contributed by atoms with Gasteiger partial charge in [-0.3, -0.25) is 14.9 Å². The SMILES string of the molecule is O=c1c2[nH]c3ccccc3c2nc2scc(-c3ccc([N+](=O)[O-])cc3)n12. The monoisotopic (exact) mass is 362 g/mol. The number of thiazole rings is 1. The highest BCUT2D eigenvalue weighted by Gasteiger charge is 2.16. The lowest BCUT2D eigenvalue weighted by Gasteiger charge is -2.02. The quantitative estimate of drug-likeness (QED) is 0.380. The van der Waals surface area contributed by atoms with Crippen molar-refractivity contribution in [3.63, 3.8) is 0 Å². The van der Waals surface area contributed by atoms with Gasteiger partial charge in [0.25, 0.3) is 11.2 Å². The molecule has 0 unspecified atom stereocenters. The first-order valence-corrected chi connectivity index (χ1v) is 8.67. The number of nitro benzene ring substituents is 1. The van der Waals surface area contributed by atoms with Gasteiger partial charge < -0.3 is 4.98 Å². The summed E-state index contributed by atoms with van der Waals surface area (Å²) in [4.78, 5) is 31.9. The van der Waals surface area contributed by atoms with E-state index in [9.17, 15) is 14.9 Å². The van der Waals surface area contributed by atoms with Crippen LogP contribution in [0.2, 0.25) is 0 Å². The number of rotatable bonds is 2. The Morgan fingerprint density at radius 3 is 2.65 bits per heavy atom. The van der Waals surface area contributed by atoms with E-state index in [1.165, 1.54) is 23.5 Å². The third kappa shape index (κ3) is 1.99. The average molecular weight is 362 g/mol. The van der Waals surface area contributed by atoms with Crippen LogP contribution in [0.25, 0.3) is 38.2 Å². The molecule has 0 saturated carbocycles. The lowest BCUT2D eigenvalue weighted by Crippen LogP contribution is -2.14. The number of non-ortho nitro benzene ring substituents is 1. The van der Waals surface area contributed by atoms with Gasteiger partial charge in [0, 0.05) is 34.0 Å². The molecule has 5 rings (SSSR count). The maximum absolute atomic E-state index is 13.1. The molecule has 1 N–H and O–H groups in total. The second-order valence-corrected chi connectivity index (χ2v) is 6.69. The molecule has 0 aliphatic rings. The van der Waals surface area contributed by atoms with E-state index in [1.807, 2.05) is 29.6 Å². The molecule has 8 heteroatoms. The highest BCUT2D eigenvalue weighted by atomic mass is 32.1. The number of H-pyrrole nitrogens is 1. The van der Waals surface area contributed by atoms with Crippen LogP contribution in [0, 0.1) is 10.1 Å². The van der Waals surface area contributed by atoms with Gasteiger partial charge in [-0.1, -0.05) is 18.2 Å². The Morgan fingerprint density at radius 1 is 1.12 bits per heavy atom. The van der Waals surface area contributed by atoms with Gasteiger partial charge in [-0.05, 0) is 18.2 Å². The summed E-state index contributed by atoms with van der Waals surface area (Å²) in [6.45, 7) is 0. The van der Waals surface area contributed by atoms with Gasteiger partial charge in [0.15, 0.2) is 4.96 Å². The summed E-state index contributed by atoms with van der Waals surface area (Å²) in [7, 11) is 0. The Bertz CT molecular complexity index is 1380. The molecule has 3 heterocycles. The molecule has 0 saturated heterocycles. The Kier molecular flexibility index (Phi) is 2.98. The largest absolute Gasteiger partial charge is 0.349 e. The minimum atomic E-state index is -0.447. The van der Waals surface area contributed by atoms with Crippen molar-refractivity contribution in [3.8, 4) is 11.3 Å². The molecule has 0 bridgehead atoms. The zero-order valence-corrected chi connectivity index (χ0v) is 14.0. The molecule has 0 spiro atoms. The van der Waals surface area contributed by atoms with Crippen LogP contribution in [0.5, 0.6) is 0 Å². The van der Waals surface area contributed by atoms with Gasteiger partial charge in [0.2, 0.25) is 0 Å². The van der Waals surface area contributed by atoms with Crippen molar-refractivity contribution in [1.29, 1.82) is 0 Å². The number of hydrogen-bond acceptors (Lipinski definition) is 5. The van der Waals surface area contributed by atoms with Crippen LogP contribution in [-0.2, 0) is 0 Å². The minimum absolute atomic E-state index is 0.0109. The predicted molar refractivity (Wildman–Crippen MR) is 101 cm³/mol. The summed E-state index contributed by atoms with van der Waals surface area (Å²) in [6, 6.07) is 13.8. The fourth-order valence-electron chi connectivity index (χ4n) is 3.15. The first kappa shape index (κ1) is 14.8. The molecule has 5 aromatic rings. The number of nitrogens with zero attached hydrogens (tertiary/aromatic N) is 3. The van der Waals surface area contributed by atoms with Crippen LogP contribution >= 0.6 is 11.3 Å². The summed E-state index contributed by atoms with van der Waals surface area (Å²) in [6.07, 6.45) is 0. The zero-order valence-electron chi connectivity index (χ0n) is 13.2. The van der Waals surface area contributed by atoms with Crippen LogP contribution in [0.15, 0.2) is 58.7 Å². The number of nitrogens with one attached hydrogen (secondary N) is 1. The summed E-state index contributed by atoms with van der Waals surface area (Å²) in [5.74, 6) is 0. The third-order valence-corrected chi connectivity index (χ3v) is 5.21. The second kappa shape index (κ2) is 5.24. The molecule has 0 atom stereocenters. The first-order chi connectivity index (χ1) is 12.6. The number of benzene rings is 2. The molecular weight excluding hydrogens is 352 g/mol. The molecule has 0 fully saturated rings. The van der Waals surface area contributed by atoms with Gasteiger partial charge in [-0.2, -0.15) is 0 Å². The second-order valence-electron chi connectivity index (χ2n) is 5.85. The Hall–Kier alpha value is -3.52. The third-order valence-electron chi connectivity index (χ3n) is 4.39. The van der Waals surface area contributed by atoms with E-state index in [-0.39, 0.29) is 11.2 Å². The fourth-order valence-corrected chi connectivity index (χ4v) is 4.04. The Morgan fingerprint density at radius 2 is 1.88 bits per heavy atom. The number of aromatic nitrogens is 3. The summed E-state index contributed by atoms with van der Waals surface area (Å²) >= 11 is 1.36. The Balaban J connectivity index is 1.81. The highest BCUT2D eigenvalue weighted by Crippen LogP contribution is 2.28. The molecule has 126 valence electrons. The van der Waals surface area contributed by atoms with E-state index in [4.69, 9.17) is 0 Å². The maximum Gasteiger partial charge on any atom is 0.283 e. The first-order valence-electron chi connectivity index (χ1n) is 7.79. The number of hydrogen-bond donors (Lipinski definition) is 1. The molecule has 7 nitrogen and oxygen atoms in total. The standard InChI is InChI=1S/C18H10N4O3S/c23-17-16-15(12-3-1-2-4-13(12)19-16)20-18-21(17)14(9-26-18)10-5-7-11(8-6-10)22(24)25/h1-9,19H.